The fraction of sp³-hybridized carbons (Fsp3) is 0.0400. The van der Waals surface area contributed by atoms with Gasteiger partial charge in [-0.3, -0.25) is 9.69 Å². The van der Waals surface area contributed by atoms with E-state index in [0.717, 1.165) is 5.56 Å². The summed E-state index contributed by atoms with van der Waals surface area (Å²) in [4.78, 5) is 26.4. The Morgan fingerprint density at radius 2 is 1.74 bits per heavy atom. The number of aryl methyl sites for hydroxylation is 1. The molecule has 31 heavy (non-hydrogen) atoms. The molecule has 0 radical (unpaired) electrons. The lowest BCUT2D eigenvalue weighted by Crippen LogP contribution is -2.25. The number of nitrogens with zero attached hydrogens (tertiary/aromatic N) is 1. The van der Waals surface area contributed by atoms with Crippen molar-refractivity contribution in [3.8, 4) is 0 Å². The lowest BCUT2D eigenvalue weighted by atomic mass is 10.1. The molecular formula is C25H17Cl2NO3. The molecule has 1 heterocycles. The molecule has 0 aliphatic carbocycles. The van der Waals surface area contributed by atoms with Crippen LogP contribution in [0.3, 0.4) is 0 Å². The summed E-state index contributed by atoms with van der Waals surface area (Å²) in [6.45, 7) is 1.79. The summed E-state index contributed by atoms with van der Waals surface area (Å²) in [6, 6.07) is 19.4. The number of hydrogen-bond donors (Lipinski definition) is 1. The smallest absolute Gasteiger partial charge is 0.335 e. The molecule has 4 nitrogen and oxygen atoms in total. The maximum atomic E-state index is 13.5. The van der Waals surface area contributed by atoms with Gasteiger partial charge in [-0.2, -0.15) is 0 Å². The minimum absolute atomic E-state index is 0.168. The first-order chi connectivity index (χ1) is 14.8. The van der Waals surface area contributed by atoms with E-state index in [-0.39, 0.29) is 11.5 Å². The fourth-order valence-corrected chi connectivity index (χ4v) is 3.96. The molecule has 0 aromatic heterocycles. The molecule has 1 aliphatic heterocycles. The zero-order valence-electron chi connectivity index (χ0n) is 16.5. The molecule has 1 amide bonds. The lowest BCUT2D eigenvalue weighted by Gasteiger charge is -2.23. The third kappa shape index (κ3) is 4.13. The number of carboxylic acids is 1. The predicted molar refractivity (Wildman–Crippen MR) is 124 cm³/mol. The monoisotopic (exact) mass is 449 g/mol. The van der Waals surface area contributed by atoms with Gasteiger partial charge in [-0.05, 0) is 66.1 Å². The van der Waals surface area contributed by atoms with Gasteiger partial charge in [-0.25, -0.2) is 4.79 Å². The number of carboxylic acid groups (broad SMARTS) is 1. The van der Waals surface area contributed by atoms with Gasteiger partial charge >= 0.3 is 5.97 Å². The second-order valence-corrected chi connectivity index (χ2v) is 7.95. The number of rotatable bonds is 4. The molecule has 0 spiro atoms. The summed E-state index contributed by atoms with van der Waals surface area (Å²) in [5.41, 5.74) is 4.18. The molecule has 0 saturated heterocycles. The number of hydrogen-bond acceptors (Lipinski definition) is 2. The molecule has 0 fully saturated rings. The molecular weight excluding hydrogens is 433 g/mol. The molecule has 0 saturated carbocycles. The summed E-state index contributed by atoms with van der Waals surface area (Å²) in [6.07, 6.45) is 3.54. The number of aromatic carboxylic acids is 1. The van der Waals surface area contributed by atoms with Crippen molar-refractivity contribution >= 4 is 52.5 Å². The van der Waals surface area contributed by atoms with Gasteiger partial charge in [0.2, 0.25) is 0 Å². The molecule has 6 heteroatoms. The summed E-state index contributed by atoms with van der Waals surface area (Å²) in [5, 5.41) is 10.2. The molecule has 1 N–H and O–H groups in total. The van der Waals surface area contributed by atoms with Crippen LogP contribution in [0.4, 0.5) is 5.69 Å². The highest BCUT2D eigenvalue weighted by atomic mass is 35.5. The Kier molecular flexibility index (Phi) is 5.68. The molecule has 154 valence electrons. The highest BCUT2D eigenvalue weighted by Gasteiger charge is 2.31. The fourth-order valence-electron chi connectivity index (χ4n) is 3.50. The summed E-state index contributed by atoms with van der Waals surface area (Å²) in [7, 11) is 0. The Bertz CT molecular complexity index is 1260. The van der Waals surface area contributed by atoms with E-state index >= 15 is 0 Å². The topological polar surface area (TPSA) is 57.6 Å². The van der Waals surface area contributed by atoms with Crippen molar-refractivity contribution in [2.24, 2.45) is 0 Å². The quantitative estimate of drug-likeness (QED) is 0.464. The highest BCUT2D eigenvalue weighted by Crippen LogP contribution is 2.37. The first-order valence-corrected chi connectivity index (χ1v) is 10.2. The number of carbonyl (C=O) groups excluding carboxylic acids is 1. The lowest BCUT2D eigenvalue weighted by molar-refractivity contribution is -0.113. The molecule has 3 aromatic rings. The zero-order valence-corrected chi connectivity index (χ0v) is 18.0. The summed E-state index contributed by atoms with van der Waals surface area (Å²) in [5.74, 6) is -1.24. The number of benzene rings is 3. The van der Waals surface area contributed by atoms with E-state index in [1.165, 1.54) is 6.07 Å². The highest BCUT2D eigenvalue weighted by molar-refractivity contribution is 6.35. The van der Waals surface area contributed by atoms with E-state index in [9.17, 15) is 14.7 Å². The second kappa shape index (κ2) is 8.42. The van der Waals surface area contributed by atoms with Crippen molar-refractivity contribution in [2.75, 3.05) is 4.90 Å². The van der Waals surface area contributed by atoms with Crippen molar-refractivity contribution in [3.05, 3.63) is 111 Å². The first kappa shape index (κ1) is 20.9. The molecule has 0 atom stereocenters. The van der Waals surface area contributed by atoms with Crippen molar-refractivity contribution in [2.45, 2.75) is 6.92 Å². The average molecular weight is 450 g/mol. The molecule has 3 aromatic carbocycles. The Morgan fingerprint density at radius 3 is 2.39 bits per heavy atom. The molecule has 4 rings (SSSR count). The van der Waals surface area contributed by atoms with E-state index in [2.05, 4.69) is 0 Å². The van der Waals surface area contributed by atoms with Gasteiger partial charge in [-0.15, -0.1) is 0 Å². The maximum Gasteiger partial charge on any atom is 0.335 e. The number of halogens is 2. The third-order valence-corrected chi connectivity index (χ3v) is 5.57. The summed E-state index contributed by atoms with van der Waals surface area (Å²) >= 11 is 12.3. The van der Waals surface area contributed by atoms with E-state index in [1.807, 2.05) is 36.4 Å². The van der Waals surface area contributed by atoms with Crippen molar-refractivity contribution in [1.82, 2.24) is 0 Å². The van der Waals surface area contributed by atoms with Crippen LogP contribution in [0, 0.1) is 6.92 Å². The molecule has 0 unspecified atom stereocenters. The van der Waals surface area contributed by atoms with Crippen LogP contribution in [-0.4, -0.2) is 17.0 Å². The van der Waals surface area contributed by atoms with Crippen molar-refractivity contribution in [1.29, 1.82) is 0 Å². The van der Waals surface area contributed by atoms with Gasteiger partial charge in [0, 0.05) is 15.6 Å². The first-order valence-electron chi connectivity index (χ1n) is 9.47. The second-order valence-electron chi connectivity index (χ2n) is 7.11. The minimum atomic E-state index is -1.01. The third-order valence-electron chi connectivity index (χ3n) is 5.01. The maximum absolute atomic E-state index is 13.5. The Hall–Kier alpha value is -3.34. The van der Waals surface area contributed by atoms with Crippen LogP contribution < -0.4 is 4.90 Å². The van der Waals surface area contributed by atoms with Gasteiger partial charge in [-0.1, -0.05) is 59.6 Å². The zero-order chi connectivity index (χ0) is 22.1. The van der Waals surface area contributed by atoms with Crippen LogP contribution >= 0.6 is 23.2 Å². The number of amides is 1. The molecule has 1 aliphatic rings. The van der Waals surface area contributed by atoms with Crippen LogP contribution in [-0.2, 0) is 4.79 Å². The summed E-state index contributed by atoms with van der Waals surface area (Å²) < 4.78 is 0. The van der Waals surface area contributed by atoms with E-state index in [1.54, 1.807) is 48.2 Å². The van der Waals surface area contributed by atoms with E-state index < -0.39 is 5.97 Å². The van der Waals surface area contributed by atoms with Gasteiger partial charge < -0.3 is 5.11 Å². The van der Waals surface area contributed by atoms with Gasteiger partial charge in [0.1, 0.15) is 0 Å². The minimum Gasteiger partial charge on any atom is -0.478 e. The SMILES string of the molecule is Cc1cc(C(=O)O)ccc1N1C(=O)/C(=C/c2ccc(Cl)cc2Cl)C=C1c1ccccc1. The number of carbonyl (C=O) groups is 2. The van der Waals surface area contributed by atoms with E-state index in [0.29, 0.717) is 38.1 Å². The Balaban J connectivity index is 1.85. The standard InChI is InChI=1S/C25H17Cl2NO3/c1-15-11-18(25(30)31)8-10-22(15)28-23(16-5-3-2-4-6-16)13-19(24(28)29)12-17-7-9-20(26)14-21(17)27/h2-14H,1H3,(H,30,31)/b19-12+. The van der Waals surface area contributed by atoms with Crippen molar-refractivity contribution < 1.29 is 14.7 Å². The predicted octanol–water partition coefficient (Wildman–Crippen LogP) is 6.47. The normalized spacial score (nSPS) is 14.8. The van der Waals surface area contributed by atoms with Gasteiger partial charge in [0.25, 0.3) is 5.91 Å². The van der Waals surface area contributed by atoms with Crippen LogP contribution in [0.1, 0.15) is 27.0 Å². The molecule has 0 bridgehead atoms. The van der Waals surface area contributed by atoms with Crippen LogP contribution in [0.25, 0.3) is 11.8 Å². The van der Waals surface area contributed by atoms with Crippen LogP contribution in [0.15, 0.2) is 78.4 Å². The van der Waals surface area contributed by atoms with Crippen LogP contribution in [0.5, 0.6) is 0 Å². The van der Waals surface area contributed by atoms with E-state index in [4.69, 9.17) is 23.2 Å². The van der Waals surface area contributed by atoms with Crippen LogP contribution in [0.2, 0.25) is 10.0 Å². The van der Waals surface area contributed by atoms with Gasteiger partial charge in [0.15, 0.2) is 0 Å². The Labute approximate surface area is 189 Å². The van der Waals surface area contributed by atoms with Gasteiger partial charge in [0.05, 0.1) is 16.9 Å². The number of anilines is 1. The largest absolute Gasteiger partial charge is 0.478 e. The van der Waals surface area contributed by atoms with Crippen molar-refractivity contribution in [3.63, 3.8) is 0 Å². The Morgan fingerprint density at radius 1 is 1.00 bits per heavy atom. The average Bonchev–Trinajstić information content (AvgIpc) is 3.06.